The lowest BCUT2D eigenvalue weighted by Crippen LogP contribution is -2.38. The zero-order valence-corrected chi connectivity index (χ0v) is 18.5. The van der Waals surface area contributed by atoms with Crippen LogP contribution in [-0.2, 0) is 25.3 Å². The van der Waals surface area contributed by atoms with Crippen LogP contribution in [0, 0.1) is 0 Å². The Balaban J connectivity index is 1.87. The van der Waals surface area contributed by atoms with E-state index in [0.717, 1.165) is 19.8 Å². The van der Waals surface area contributed by atoms with E-state index in [2.05, 4.69) is 9.97 Å². The SMILES string of the molecule is Cn1c(=O)c2c(SCc3nc4ccccc4s3)nc(C(C)(C)C)nc2n(C)c1=O. The quantitative estimate of drug-likeness (QED) is 0.369. The van der Waals surface area contributed by atoms with Crippen molar-refractivity contribution in [2.45, 2.75) is 37.0 Å². The van der Waals surface area contributed by atoms with Crippen LogP contribution < -0.4 is 11.2 Å². The normalized spacial score (nSPS) is 12.2. The smallest absolute Gasteiger partial charge is 0.280 e. The molecule has 0 saturated heterocycles. The van der Waals surface area contributed by atoms with E-state index >= 15 is 0 Å². The number of para-hydroxylation sites is 1. The lowest BCUT2D eigenvalue weighted by molar-refractivity contribution is 0.539. The van der Waals surface area contributed by atoms with E-state index in [1.54, 1.807) is 18.4 Å². The first-order valence-corrected chi connectivity index (χ1v) is 10.9. The average Bonchev–Trinajstić information content (AvgIpc) is 3.10. The number of benzene rings is 1. The molecule has 3 aromatic heterocycles. The molecule has 9 heteroatoms. The van der Waals surface area contributed by atoms with Crippen LogP contribution in [0.5, 0.6) is 0 Å². The van der Waals surface area contributed by atoms with Crippen molar-refractivity contribution in [2.75, 3.05) is 0 Å². The van der Waals surface area contributed by atoms with Gasteiger partial charge in [0.1, 0.15) is 21.2 Å². The molecule has 0 unspecified atom stereocenters. The number of aryl methyl sites for hydroxylation is 1. The molecule has 29 heavy (non-hydrogen) atoms. The average molecular weight is 428 g/mol. The summed E-state index contributed by atoms with van der Waals surface area (Å²) in [5.74, 6) is 1.18. The lowest BCUT2D eigenvalue weighted by Gasteiger charge is -2.19. The van der Waals surface area contributed by atoms with Crippen molar-refractivity contribution in [1.29, 1.82) is 0 Å². The Bertz CT molecular complexity index is 1330. The molecule has 0 aliphatic heterocycles. The molecule has 0 atom stereocenters. The standard InChI is InChI=1S/C20H21N5O2S2/c1-20(2,3)18-22-15-14(17(26)25(5)19(27)24(15)4)16(23-18)28-10-13-21-11-8-6-7-9-12(11)29-13/h6-9H,10H2,1-5H3. The largest absolute Gasteiger partial charge is 0.332 e. The second kappa shape index (κ2) is 7.07. The van der Waals surface area contributed by atoms with E-state index in [4.69, 9.17) is 4.98 Å². The van der Waals surface area contributed by atoms with Crippen LogP contribution in [0.25, 0.3) is 21.3 Å². The second-order valence-electron chi connectivity index (χ2n) is 7.87. The first-order chi connectivity index (χ1) is 13.7. The zero-order valence-electron chi connectivity index (χ0n) is 16.9. The summed E-state index contributed by atoms with van der Waals surface area (Å²) in [6.07, 6.45) is 0. The monoisotopic (exact) mass is 427 g/mol. The molecular formula is C20H21N5O2S2. The maximum Gasteiger partial charge on any atom is 0.332 e. The predicted octanol–water partition coefficient (Wildman–Crippen LogP) is 3.23. The first-order valence-electron chi connectivity index (χ1n) is 9.12. The minimum Gasteiger partial charge on any atom is -0.280 e. The summed E-state index contributed by atoms with van der Waals surface area (Å²) in [4.78, 5) is 39.2. The molecular weight excluding hydrogens is 406 g/mol. The molecule has 3 heterocycles. The first kappa shape index (κ1) is 19.8. The highest BCUT2D eigenvalue weighted by Crippen LogP contribution is 2.31. The molecule has 0 radical (unpaired) electrons. The lowest BCUT2D eigenvalue weighted by atomic mass is 9.96. The highest BCUT2D eigenvalue weighted by atomic mass is 32.2. The van der Waals surface area contributed by atoms with E-state index in [0.29, 0.717) is 27.6 Å². The Kier molecular flexibility index (Phi) is 4.82. The Hall–Kier alpha value is -2.52. The van der Waals surface area contributed by atoms with Gasteiger partial charge in [0, 0.05) is 19.5 Å². The Morgan fingerprint density at radius 3 is 2.45 bits per heavy atom. The molecule has 0 bridgehead atoms. The Morgan fingerprint density at radius 1 is 1.03 bits per heavy atom. The van der Waals surface area contributed by atoms with Gasteiger partial charge in [0.25, 0.3) is 5.56 Å². The van der Waals surface area contributed by atoms with Crippen molar-refractivity contribution >= 4 is 44.3 Å². The summed E-state index contributed by atoms with van der Waals surface area (Å²) < 4.78 is 3.64. The highest BCUT2D eigenvalue weighted by molar-refractivity contribution is 7.98. The molecule has 0 fully saturated rings. The van der Waals surface area contributed by atoms with E-state index in [1.165, 1.54) is 23.4 Å². The summed E-state index contributed by atoms with van der Waals surface area (Å²) in [7, 11) is 3.11. The van der Waals surface area contributed by atoms with Crippen LogP contribution in [0.15, 0.2) is 38.9 Å². The molecule has 150 valence electrons. The second-order valence-corrected chi connectivity index (χ2v) is 9.95. The van der Waals surface area contributed by atoms with Crippen molar-refractivity contribution in [3.05, 3.63) is 55.9 Å². The zero-order chi connectivity index (χ0) is 20.9. The number of thiazole rings is 1. The van der Waals surface area contributed by atoms with Crippen molar-refractivity contribution in [3.63, 3.8) is 0 Å². The minimum atomic E-state index is -0.400. The van der Waals surface area contributed by atoms with Crippen molar-refractivity contribution in [3.8, 4) is 0 Å². The summed E-state index contributed by atoms with van der Waals surface area (Å²) in [5, 5.41) is 1.91. The summed E-state index contributed by atoms with van der Waals surface area (Å²) >= 11 is 3.08. The molecule has 4 rings (SSSR count). The molecule has 0 amide bonds. The van der Waals surface area contributed by atoms with Gasteiger partial charge < -0.3 is 0 Å². The van der Waals surface area contributed by atoms with Gasteiger partial charge in [-0.15, -0.1) is 11.3 Å². The number of fused-ring (bicyclic) bond motifs is 2. The predicted molar refractivity (Wildman–Crippen MR) is 118 cm³/mol. The maximum atomic E-state index is 12.9. The van der Waals surface area contributed by atoms with Gasteiger partial charge in [-0.3, -0.25) is 13.9 Å². The molecule has 0 spiro atoms. The van der Waals surface area contributed by atoms with Crippen molar-refractivity contribution < 1.29 is 0 Å². The topological polar surface area (TPSA) is 82.7 Å². The Labute approximate surface area is 175 Å². The fourth-order valence-corrected chi connectivity index (χ4v) is 4.95. The van der Waals surface area contributed by atoms with E-state index in [9.17, 15) is 9.59 Å². The van der Waals surface area contributed by atoms with Crippen LogP contribution in [0.4, 0.5) is 0 Å². The van der Waals surface area contributed by atoms with E-state index < -0.39 is 5.69 Å². The number of thioether (sulfide) groups is 1. The number of aromatic nitrogens is 5. The third-order valence-corrected chi connectivity index (χ3v) is 6.81. The fourth-order valence-electron chi connectivity index (χ4n) is 2.98. The van der Waals surface area contributed by atoms with Crippen LogP contribution in [-0.4, -0.2) is 24.1 Å². The van der Waals surface area contributed by atoms with Crippen LogP contribution in [0.3, 0.4) is 0 Å². The van der Waals surface area contributed by atoms with Crippen LogP contribution in [0.1, 0.15) is 31.6 Å². The number of hydrogen-bond acceptors (Lipinski definition) is 7. The summed E-state index contributed by atoms with van der Waals surface area (Å²) in [6, 6.07) is 8.00. The summed E-state index contributed by atoms with van der Waals surface area (Å²) in [5.41, 5.74) is 0.230. The number of rotatable bonds is 3. The van der Waals surface area contributed by atoms with Crippen molar-refractivity contribution in [1.82, 2.24) is 24.1 Å². The minimum absolute atomic E-state index is 0.323. The molecule has 0 N–H and O–H groups in total. The third kappa shape index (κ3) is 3.49. The van der Waals surface area contributed by atoms with Gasteiger partial charge in [0.05, 0.1) is 16.0 Å². The molecule has 0 aliphatic rings. The highest BCUT2D eigenvalue weighted by Gasteiger charge is 2.23. The fraction of sp³-hybridized carbons (Fsp3) is 0.350. The van der Waals surface area contributed by atoms with Crippen LogP contribution >= 0.6 is 23.1 Å². The molecule has 7 nitrogen and oxygen atoms in total. The van der Waals surface area contributed by atoms with Gasteiger partial charge in [-0.2, -0.15) is 0 Å². The number of nitrogens with zero attached hydrogens (tertiary/aromatic N) is 5. The van der Waals surface area contributed by atoms with Gasteiger partial charge in [0.15, 0.2) is 5.65 Å². The van der Waals surface area contributed by atoms with Gasteiger partial charge in [-0.05, 0) is 12.1 Å². The molecule has 1 aromatic carbocycles. The number of hydrogen-bond donors (Lipinski definition) is 0. The van der Waals surface area contributed by atoms with Crippen molar-refractivity contribution in [2.24, 2.45) is 14.1 Å². The molecule has 0 saturated carbocycles. The van der Waals surface area contributed by atoms with E-state index in [1.807, 2.05) is 45.0 Å². The molecule has 0 aliphatic carbocycles. The third-order valence-electron chi connectivity index (χ3n) is 4.61. The van der Waals surface area contributed by atoms with Crippen LogP contribution in [0.2, 0.25) is 0 Å². The van der Waals surface area contributed by atoms with E-state index in [-0.39, 0.29) is 11.0 Å². The molecule has 4 aromatic rings. The Morgan fingerprint density at radius 2 is 1.76 bits per heavy atom. The van der Waals surface area contributed by atoms with Gasteiger partial charge >= 0.3 is 5.69 Å². The van der Waals surface area contributed by atoms with Gasteiger partial charge in [-0.25, -0.2) is 19.7 Å². The maximum absolute atomic E-state index is 12.9. The van der Waals surface area contributed by atoms with Gasteiger partial charge in [0.2, 0.25) is 0 Å². The summed E-state index contributed by atoms with van der Waals surface area (Å²) in [6.45, 7) is 6.03. The van der Waals surface area contributed by atoms with Gasteiger partial charge in [-0.1, -0.05) is 44.7 Å².